The summed E-state index contributed by atoms with van der Waals surface area (Å²) in [7, 11) is -3.71. The number of carbonyl (C=O) groups is 2. The molecule has 2 amide bonds. The summed E-state index contributed by atoms with van der Waals surface area (Å²) in [6.45, 7) is 2.25. The monoisotopic (exact) mass is 388 g/mol. The van der Waals surface area contributed by atoms with Gasteiger partial charge in [0.1, 0.15) is 12.4 Å². The first-order valence-electron chi connectivity index (χ1n) is 8.52. The number of ether oxygens (including phenoxy) is 1. The molecule has 3 rings (SSSR count). The van der Waals surface area contributed by atoms with Gasteiger partial charge in [0, 0.05) is 19.4 Å². The van der Waals surface area contributed by atoms with Crippen LogP contribution in [0.15, 0.2) is 53.4 Å². The van der Waals surface area contributed by atoms with Crippen LogP contribution in [0, 0.1) is 6.92 Å². The Labute approximate surface area is 158 Å². The second-order valence-corrected chi connectivity index (χ2v) is 7.95. The van der Waals surface area contributed by atoms with Gasteiger partial charge in [-0.15, -0.1) is 0 Å². The predicted molar refractivity (Wildman–Crippen MR) is 100 cm³/mol. The highest BCUT2D eigenvalue weighted by Crippen LogP contribution is 2.23. The number of benzene rings is 2. The van der Waals surface area contributed by atoms with Crippen molar-refractivity contribution < 1.29 is 22.7 Å². The summed E-state index contributed by atoms with van der Waals surface area (Å²) in [5.41, 5.74) is 1.44. The summed E-state index contributed by atoms with van der Waals surface area (Å²) in [5.74, 6) is 0.127. The molecule has 1 aliphatic rings. The standard InChI is InChI=1S/C19H20N2O5S/c1-14-3-2-4-16(13-14)26-12-11-20-27(24,25)17-7-5-15(6-8-17)21-18(22)9-10-19(21)23/h2-8,13,20H,9-12H2,1H3. The van der Waals surface area contributed by atoms with Crippen LogP contribution >= 0.6 is 0 Å². The zero-order chi connectivity index (χ0) is 19.4. The molecule has 0 aromatic heterocycles. The lowest BCUT2D eigenvalue weighted by Crippen LogP contribution is -2.29. The van der Waals surface area contributed by atoms with Crippen molar-refractivity contribution in [1.29, 1.82) is 0 Å². The largest absolute Gasteiger partial charge is 0.492 e. The van der Waals surface area contributed by atoms with Gasteiger partial charge in [0.15, 0.2) is 0 Å². The van der Waals surface area contributed by atoms with Gasteiger partial charge in [-0.25, -0.2) is 13.1 Å². The van der Waals surface area contributed by atoms with Gasteiger partial charge in [0.2, 0.25) is 21.8 Å². The fourth-order valence-electron chi connectivity index (χ4n) is 2.77. The third-order valence-corrected chi connectivity index (χ3v) is 5.59. The van der Waals surface area contributed by atoms with Crippen LogP contribution in [0.5, 0.6) is 5.75 Å². The van der Waals surface area contributed by atoms with Crippen LogP contribution in [-0.2, 0) is 19.6 Å². The molecule has 2 aromatic rings. The van der Waals surface area contributed by atoms with Gasteiger partial charge < -0.3 is 4.74 Å². The molecule has 2 aromatic carbocycles. The Morgan fingerprint density at radius 2 is 1.70 bits per heavy atom. The predicted octanol–water partition coefficient (Wildman–Crippen LogP) is 2.01. The van der Waals surface area contributed by atoms with Crippen molar-refractivity contribution >= 4 is 27.5 Å². The molecule has 0 aliphatic carbocycles. The number of hydrogen-bond acceptors (Lipinski definition) is 5. The molecule has 1 fully saturated rings. The molecular formula is C19H20N2O5S. The van der Waals surface area contributed by atoms with Crippen LogP contribution in [-0.4, -0.2) is 33.4 Å². The SMILES string of the molecule is Cc1cccc(OCCNS(=O)(=O)c2ccc(N3C(=O)CCC3=O)cc2)c1. The molecule has 1 saturated heterocycles. The molecule has 0 atom stereocenters. The summed E-state index contributed by atoms with van der Waals surface area (Å²) in [6, 6.07) is 13.2. The minimum atomic E-state index is -3.71. The van der Waals surface area contributed by atoms with Crippen molar-refractivity contribution in [1.82, 2.24) is 4.72 Å². The van der Waals surface area contributed by atoms with Gasteiger partial charge in [0.25, 0.3) is 0 Å². The van der Waals surface area contributed by atoms with Gasteiger partial charge >= 0.3 is 0 Å². The number of amides is 2. The molecule has 0 bridgehead atoms. The van der Waals surface area contributed by atoms with Crippen molar-refractivity contribution in [2.45, 2.75) is 24.7 Å². The summed E-state index contributed by atoms with van der Waals surface area (Å²) in [6.07, 6.45) is 0.364. The first kappa shape index (κ1) is 19.1. The number of aryl methyl sites for hydroxylation is 1. The minimum absolute atomic E-state index is 0.0564. The molecule has 0 radical (unpaired) electrons. The average molecular weight is 388 g/mol. The van der Waals surface area contributed by atoms with Crippen LogP contribution in [0.3, 0.4) is 0 Å². The van der Waals surface area contributed by atoms with Gasteiger partial charge in [-0.2, -0.15) is 0 Å². The molecule has 1 aliphatic heterocycles. The summed E-state index contributed by atoms with van der Waals surface area (Å²) >= 11 is 0. The van der Waals surface area contributed by atoms with Gasteiger partial charge in [-0.3, -0.25) is 14.5 Å². The van der Waals surface area contributed by atoms with Gasteiger partial charge in [-0.1, -0.05) is 12.1 Å². The molecule has 0 spiro atoms. The van der Waals surface area contributed by atoms with Crippen molar-refractivity contribution in [3.8, 4) is 5.75 Å². The van der Waals surface area contributed by atoms with Gasteiger partial charge in [0.05, 0.1) is 10.6 Å². The normalized spacial score (nSPS) is 14.6. The number of hydrogen-bond donors (Lipinski definition) is 1. The van der Waals surface area contributed by atoms with E-state index in [4.69, 9.17) is 4.74 Å². The molecule has 0 saturated carbocycles. The molecule has 27 heavy (non-hydrogen) atoms. The van der Waals surface area contributed by atoms with E-state index >= 15 is 0 Å². The van der Waals surface area contributed by atoms with Crippen LogP contribution in [0.2, 0.25) is 0 Å². The third-order valence-electron chi connectivity index (χ3n) is 4.11. The van der Waals surface area contributed by atoms with Crippen LogP contribution < -0.4 is 14.4 Å². The number of nitrogens with one attached hydrogen (secondary N) is 1. The molecule has 142 valence electrons. The van der Waals surface area contributed by atoms with Crippen LogP contribution in [0.1, 0.15) is 18.4 Å². The van der Waals surface area contributed by atoms with Crippen molar-refractivity contribution in [2.24, 2.45) is 0 Å². The Morgan fingerprint density at radius 3 is 2.33 bits per heavy atom. The molecule has 0 unspecified atom stereocenters. The number of imide groups is 1. The fraction of sp³-hybridized carbons (Fsp3) is 0.263. The first-order chi connectivity index (χ1) is 12.9. The van der Waals surface area contributed by atoms with E-state index in [2.05, 4.69) is 4.72 Å². The summed E-state index contributed by atoms with van der Waals surface area (Å²) in [5, 5.41) is 0. The maximum atomic E-state index is 12.3. The van der Waals surface area contributed by atoms with Crippen molar-refractivity contribution in [3.05, 3.63) is 54.1 Å². The van der Waals surface area contributed by atoms with E-state index in [1.54, 1.807) is 6.07 Å². The van der Waals surface area contributed by atoms with E-state index in [1.165, 1.54) is 24.3 Å². The Morgan fingerprint density at radius 1 is 1.04 bits per heavy atom. The smallest absolute Gasteiger partial charge is 0.240 e. The van der Waals surface area contributed by atoms with Crippen LogP contribution in [0.4, 0.5) is 5.69 Å². The molecule has 1 heterocycles. The maximum absolute atomic E-state index is 12.3. The quantitative estimate of drug-likeness (QED) is 0.579. The zero-order valence-corrected chi connectivity index (χ0v) is 15.7. The molecule has 7 nitrogen and oxygen atoms in total. The number of rotatable bonds is 7. The number of carbonyl (C=O) groups excluding carboxylic acids is 2. The Balaban J connectivity index is 1.58. The van der Waals surface area contributed by atoms with Gasteiger partial charge in [-0.05, 0) is 48.9 Å². The lowest BCUT2D eigenvalue weighted by molar-refractivity contribution is -0.121. The Bertz CT molecular complexity index is 938. The highest BCUT2D eigenvalue weighted by Gasteiger charge is 2.30. The Hall–Kier alpha value is -2.71. The summed E-state index contributed by atoms with van der Waals surface area (Å²) in [4.78, 5) is 24.6. The zero-order valence-electron chi connectivity index (χ0n) is 14.8. The second-order valence-electron chi connectivity index (χ2n) is 6.18. The first-order valence-corrected chi connectivity index (χ1v) is 10.0. The van der Waals surface area contributed by atoms with E-state index in [9.17, 15) is 18.0 Å². The van der Waals surface area contributed by atoms with Crippen molar-refractivity contribution in [2.75, 3.05) is 18.1 Å². The highest BCUT2D eigenvalue weighted by molar-refractivity contribution is 7.89. The van der Waals surface area contributed by atoms with E-state index in [1.807, 2.05) is 25.1 Å². The van der Waals surface area contributed by atoms with E-state index < -0.39 is 10.0 Å². The van der Waals surface area contributed by atoms with E-state index in [0.717, 1.165) is 10.5 Å². The summed E-state index contributed by atoms with van der Waals surface area (Å²) < 4.78 is 32.7. The Kier molecular flexibility index (Phi) is 5.57. The second kappa shape index (κ2) is 7.89. The molecule has 1 N–H and O–H groups in total. The third kappa shape index (κ3) is 4.53. The average Bonchev–Trinajstić information content (AvgIpc) is 2.97. The molecular weight excluding hydrogens is 368 g/mol. The fourth-order valence-corrected chi connectivity index (χ4v) is 3.79. The maximum Gasteiger partial charge on any atom is 0.240 e. The minimum Gasteiger partial charge on any atom is -0.492 e. The topological polar surface area (TPSA) is 92.8 Å². The lowest BCUT2D eigenvalue weighted by atomic mass is 10.2. The lowest BCUT2D eigenvalue weighted by Gasteiger charge is -2.14. The number of sulfonamides is 1. The van der Waals surface area contributed by atoms with E-state index in [-0.39, 0.29) is 42.7 Å². The number of nitrogens with zero attached hydrogens (tertiary/aromatic N) is 1. The molecule has 8 heteroatoms. The van der Waals surface area contributed by atoms with Crippen molar-refractivity contribution in [3.63, 3.8) is 0 Å². The highest BCUT2D eigenvalue weighted by atomic mass is 32.2. The number of anilines is 1. The van der Waals surface area contributed by atoms with E-state index in [0.29, 0.717) is 11.4 Å². The van der Waals surface area contributed by atoms with Crippen LogP contribution in [0.25, 0.3) is 0 Å².